The Morgan fingerprint density at radius 2 is 1.10 bits per heavy atom. The van der Waals surface area contributed by atoms with Crippen LogP contribution >= 0.6 is 0 Å². The average Bonchev–Trinajstić information content (AvgIpc) is 2.68. The number of ether oxygens (including phenoxy) is 2. The van der Waals surface area contributed by atoms with Crippen molar-refractivity contribution in [1.29, 1.82) is 0 Å². The van der Waals surface area contributed by atoms with Gasteiger partial charge in [0.15, 0.2) is 0 Å². The van der Waals surface area contributed by atoms with E-state index in [1.165, 1.54) is 0 Å². The van der Waals surface area contributed by atoms with Crippen molar-refractivity contribution < 1.29 is 19.1 Å². The maximum Gasteiger partial charge on any atom is 0.338 e. The zero-order valence-electron chi connectivity index (χ0n) is 18.3. The van der Waals surface area contributed by atoms with Crippen molar-refractivity contribution in [3.8, 4) is 11.1 Å². The number of esters is 2. The number of hydrogen-bond donors (Lipinski definition) is 2. The van der Waals surface area contributed by atoms with Crippen LogP contribution in [-0.4, -0.2) is 25.2 Å². The second kappa shape index (κ2) is 10.7. The van der Waals surface area contributed by atoms with E-state index >= 15 is 0 Å². The molecule has 0 spiro atoms. The average molecular weight is 413 g/mol. The van der Waals surface area contributed by atoms with E-state index < -0.39 is 11.9 Å². The van der Waals surface area contributed by atoms with Crippen molar-refractivity contribution in [1.82, 2.24) is 0 Å². The van der Waals surface area contributed by atoms with Crippen molar-refractivity contribution in [2.24, 2.45) is 0 Å². The molecule has 6 heteroatoms. The van der Waals surface area contributed by atoms with Gasteiger partial charge in [0.05, 0.1) is 24.3 Å². The van der Waals surface area contributed by atoms with Gasteiger partial charge in [-0.15, -0.1) is 0 Å². The summed E-state index contributed by atoms with van der Waals surface area (Å²) < 4.78 is 10.9. The fraction of sp³-hybridized carbons (Fsp3) is 0.417. The molecule has 2 rings (SSSR count). The van der Waals surface area contributed by atoms with Crippen molar-refractivity contribution >= 4 is 23.3 Å². The predicted molar refractivity (Wildman–Crippen MR) is 121 cm³/mol. The molecule has 0 aliphatic rings. The molecule has 6 nitrogen and oxygen atoms in total. The molecule has 0 saturated carbocycles. The monoisotopic (exact) mass is 412 g/mol. The van der Waals surface area contributed by atoms with Gasteiger partial charge in [-0.1, -0.05) is 26.7 Å². The molecule has 4 N–H and O–H groups in total. The van der Waals surface area contributed by atoms with Gasteiger partial charge >= 0.3 is 11.9 Å². The summed E-state index contributed by atoms with van der Waals surface area (Å²) in [6, 6.07) is 6.75. The van der Waals surface area contributed by atoms with Crippen molar-refractivity contribution in [2.75, 3.05) is 24.7 Å². The second-order valence-electron chi connectivity index (χ2n) is 7.50. The Labute approximate surface area is 178 Å². The van der Waals surface area contributed by atoms with Crippen LogP contribution in [0, 0.1) is 13.8 Å². The molecule has 0 fully saturated rings. The minimum atomic E-state index is -0.463. The topological polar surface area (TPSA) is 105 Å². The van der Waals surface area contributed by atoms with Crippen LogP contribution in [0.1, 0.15) is 71.4 Å². The van der Waals surface area contributed by atoms with Gasteiger partial charge in [-0.2, -0.15) is 0 Å². The first-order valence-electron chi connectivity index (χ1n) is 10.4. The van der Waals surface area contributed by atoms with Gasteiger partial charge in [-0.3, -0.25) is 0 Å². The lowest BCUT2D eigenvalue weighted by atomic mass is 9.87. The zero-order valence-corrected chi connectivity index (χ0v) is 18.3. The lowest BCUT2D eigenvalue weighted by Gasteiger charge is -2.19. The molecule has 0 atom stereocenters. The van der Waals surface area contributed by atoms with E-state index in [1.807, 2.05) is 27.7 Å². The first kappa shape index (κ1) is 23.3. The van der Waals surface area contributed by atoms with E-state index in [0.29, 0.717) is 46.8 Å². The van der Waals surface area contributed by atoms with Gasteiger partial charge in [-0.25, -0.2) is 9.59 Å². The van der Waals surface area contributed by atoms with Crippen LogP contribution < -0.4 is 11.5 Å². The summed E-state index contributed by atoms with van der Waals surface area (Å²) in [7, 11) is 0. The van der Waals surface area contributed by atoms with Gasteiger partial charge in [0, 0.05) is 22.5 Å². The lowest BCUT2D eigenvalue weighted by molar-refractivity contribution is 0.0488. The second-order valence-corrected chi connectivity index (χ2v) is 7.50. The highest BCUT2D eigenvalue weighted by molar-refractivity contribution is 6.06. The Hall–Kier alpha value is -3.02. The first-order valence-corrected chi connectivity index (χ1v) is 10.4. The Morgan fingerprint density at radius 1 is 0.733 bits per heavy atom. The smallest absolute Gasteiger partial charge is 0.338 e. The minimum Gasteiger partial charge on any atom is -0.462 e. The molecule has 0 amide bonds. The van der Waals surface area contributed by atoms with E-state index in [9.17, 15) is 9.59 Å². The SMILES string of the molecule is CCCCOC(=O)c1cc(N)cc(C)c1-c1c(C)cc(N)cc1C(=O)OCCCC. The predicted octanol–water partition coefficient (Wildman–Crippen LogP) is 5.05. The minimum absolute atomic E-state index is 0.329. The molecule has 2 aromatic rings. The van der Waals surface area contributed by atoms with Crippen LogP contribution in [0.15, 0.2) is 24.3 Å². The number of nitrogens with two attached hydrogens (primary N) is 2. The summed E-state index contributed by atoms with van der Waals surface area (Å²) >= 11 is 0. The maximum atomic E-state index is 12.9. The number of carbonyl (C=O) groups excluding carboxylic acids is 2. The molecule has 2 aromatic carbocycles. The van der Waals surface area contributed by atoms with Crippen LogP contribution in [0.2, 0.25) is 0 Å². The normalized spacial score (nSPS) is 10.7. The molecular formula is C24H32N2O4. The molecule has 0 aromatic heterocycles. The van der Waals surface area contributed by atoms with E-state index in [1.54, 1.807) is 24.3 Å². The number of anilines is 2. The number of rotatable bonds is 9. The van der Waals surface area contributed by atoms with E-state index in [4.69, 9.17) is 20.9 Å². The molecule has 0 unspecified atom stereocenters. The molecule has 0 aliphatic heterocycles. The third-order valence-corrected chi connectivity index (χ3v) is 4.87. The van der Waals surface area contributed by atoms with Crippen LogP contribution in [0.25, 0.3) is 11.1 Å². The summed E-state index contributed by atoms with van der Waals surface area (Å²) in [5.74, 6) is -0.925. The van der Waals surface area contributed by atoms with Crippen LogP contribution in [0.4, 0.5) is 11.4 Å². The fourth-order valence-corrected chi connectivity index (χ4v) is 3.39. The molecule has 0 aliphatic carbocycles. The van der Waals surface area contributed by atoms with E-state index in [-0.39, 0.29) is 0 Å². The van der Waals surface area contributed by atoms with Gasteiger partial charge in [0.1, 0.15) is 0 Å². The highest BCUT2D eigenvalue weighted by Crippen LogP contribution is 2.37. The Bertz CT molecular complexity index is 846. The number of nitrogen functional groups attached to an aromatic ring is 2. The molecule has 30 heavy (non-hydrogen) atoms. The zero-order chi connectivity index (χ0) is 22.3. The summed E-state index contributed by atoms with van der Waals surface area (Å²) in [4.78, 5) is 25.7. The van der Waals surface area contributed by atoms with Crippen molar-refractivity contribution in [3.05, 3.63) is 46.5 Å². The molecule has 0 bridgehead atoms. The van der Waals surface area contributed by atoms with Crippen molar-refractivity contribution in [2.45, 2.75) is 53.4 Å². The third-order valence-electron chi connectivity index (χ3n) is 4.87. The summed E-state index contributed by atoms with van der Waals surface area (Å²) in [5, 5.41) is 0. The number of hydrogen-bond acceptors (Lipinski definition) is 6. The quantitative estimate of drug-likeness (QED) is 0.339. The van der Waals surface area contributed by atoms with E-state index in [2.05, 4.69) is 0 Å². The fourth-order valence-electron chi connectivity index (χ4n) is 3.39. The molecule has 0 saturated heterocycles. The first-order chi connectivity index (χ1) is 14.3. The van der Waals surface area contributed by atoms with E-state index in [0.717, 1.165) is 36.8 Å². The van der Waals surface area contributed by atoms with Gasteiger partial charge in [-0.05, 0) is 62.1 Å². The Kier molecular flexibility index (Phi) is 8.27. The Morgan fingerprint density at radius 3 is 1.43 bits per heavy atom. The number of carbonyl (C=O) groups is 2. The van der Waals surface area contributed by atoms with Crippen LogP contribution in [-0.2, 0) is 9.47 Å². The third kappa shape index (κ3) is 5.53. The van der Waals surface area contributed by atoms with Crippen molar-refractivity contribution in [3.63, 3.8) is 0 Å². The van der Waals surface area contributed by atoms with Crippen LogP contribution in [0.3, 0.4) is 0 Å². The lowest BCUT2D eigenvalue weighted by Crippen LogP contribution is -2.14. The highest BCUT2D eigenvalue weighted by atomic mass is 16.5. The molecule has 162 valence electrons. The largest absolute Gasteiger partial charge is 0.462 e. The maximum absolute atomic E-state index is 12.9. The standard InChI is InChI=1S/C24H32N2O4/c1-5-7-9-29-23(27)19-13-17(25)11-15(3)21(19)22-16(4)12-18(26)14-20(22)24(28)30-10-8-6-2/h11-14H,5-10,25-26H2,1-4H3. The summed E-state index contributed by atoms with van der Waals surface area (Å²) in [5.41, 5.74) is 16.4. The Balaban J connectivity index is 2.63. The summed E-state index contributed by atoms with van der Waals surface area (Å²) in [6.45, 7) is 8.42. The summed E-state index contributed by atoms with van der Waals surface area (Å²) in [6.07, 6.45) is 3.39. The highest BCUT2D eigenvalue weighted by Gasteiger charge is 2.24. The molecule has 0 radical (unpaired) electrons. The van der Waals surface area contributed by atoms with Gasteiger partial charge in [0.2, 0.25) is 0 Å². The number of benzene rings is 2. The van der Waals surface area contributed by atoms with Crippen LogP contribution in [0.5, 0.6) is 0 Å². The molecule has 0 heterocycles. The number of unbranched alkanes of at least 4 members (excludes halogenated alkanes) is 2. The molecular weight excluding hydrogens is 380 g/mol. The van der Waals surface area contributed by atoms with Gasteiger partial charge in [0.25, 0.3) is 0 Å². The van der Waals surface area contributed by atoms with Gasteiger partial charge < -0.3 is 20.9 Å². The number of aryl methyl sites for hydroxylation is 2.